The molecule has 6 nitrogen and oxygen atoms in total. The first kappa shape index (κ1) is 18.2. The summed E-state index contributed by atoms with van der Waals surface area (Å²) >= 11 is 0. The standard InChI is InChI=1S/C17H16F2N2O4/c1-2-24-17(23)21-13-4-3-5-15(9-13)25-10-16(22)20-14-7-11(18)6-12(19)8-14/h3-9H,2,10H2,1H3,(H,20,22)(H,21,23). The van der Waals surface area contributed by atoms with Crippen LogP contribution in [0.3, 0.4) is 0 Å². The highest BCUT2D eigenvalue weighted by atomic mass is 19.1. The minimum Gasteiger partial charge on any atom is -0.484 e. The Morgan fingerprint density at radius 1 is 1.00 bits per heavy atom. The maximum Gasteiger partial charge on any atom is 0.411 e. The second-order valence-electron chi connectivity index (χ2n) is 4.87. The molecular weight excluding hydrogens is 334 g/mol. The normalized spacial score (nSPS) is 10.0. The molecule has 25 heavy (non-hydrogen) atoms. The number of hydrogen-bond donors (Lipinski definition) is 2. The van der Waals surface area contributed by atoms with Gasteiger partial charge in [-0.3, -0.25) is 10.1 Å². The lowest BCUT2D eigenvalue weighted by molar-refractivity contribution is -0.118. The van der Waals surface area contributed by atoms with Gasteiger partial charge in [-0.15, -0.1) is 0 Å². The molecule has 0 spiro atoms. The molecule has 2 aromatic rings. The predicted octanol–water partition coefficient (Wildman–Crippen LogP) is 3.55. The van der Waals surface area contributed by atoms with Crippen LogP contribution in [0, 0.1) is 11.6 Å². The van der Waals surface area contributed by atoms with Crippen LogP contribution in [0.2, 0.25) is 0 Å². The van der Waals surface area contributed by atoms with Gasteiger partial charge in [-0.25, -0.2) is 13.6 Å². The Bertz CT molecular complexity index is 748. The third kappa shape index (κ3) is 6.09. The quantitative estimate of drug-likeness (QED) is 0.835. The highest BCUT2D eigenvalue weighted by molar-refractivity contribution is 5.92. The lowest BCUT2D eigenvalue weighted by Crippen LogP contribution is -2.20. The van der Waals surface area contributed by atoms with Crippen molar-refractivity contribution in [3.63, 3.8) is 0 Å². The molecule has 0 aliphatic carbocycles. The topological polar surface area (TPSA) is 76.7 Å². The Labute approximate surface area is 142 Å². The van der Waals surface area contributed by atoms with Gasteiger partial charge >= 0.3 is 6.09 Å². The zero-order chi connectivity index (χ0) is 18.2. The second-order valence-corrected chi connectivity index (χ2v) is 4.87. The molecule has 0 bridgehead atoms. The van der Waals surface area contributed by atoms with Crippen molar-refractivity contribution in [3.05, 3.63) is 54.1 Å². The van der Waals surface area contributed by atoms with E-state index in [9.17, 15) is 18.4 Å². The molecule has 0 fully saturated rings. The van der Waals surface area contributed by atoms with Crippen LogP contribution in [0.5, 0.6) is 5.75 Å². The van der Waals surface area contributed by atoms with Gasteiger partial charge in [-0.2, -0.15) is 0 Å². The van der Waals surface area contributed by atoms with Crippen molar-refractivity contribution in [2.24, 2.45) is 0 Å². The summed E-state index contributed by atoms with van der Waals surface area (Å²) in [5, 5.41) is 4.82. The van der Waals surface area contributed by atoms with E-state index in [-0.39, 0.29) is 18.9 Å². The molecule has 8 heteroatoms. The van der Waals surface area contributed by atoms with Gasteiger partial charge in [-0.1, -0.05) is 6.07 Å². The number of nitrogens with one attached hydrogen (secondary N) is 2. The zero-order valence-electron chi connectivity index (χ0n) is 13.3. The number of halogens is 2. The van der Waals surface area contributed by atoms with Crippen LogP contribution >= 0.6 is 0 Å². The number of hydrogen-bond acceptors (Lipinski definition) is 4. The van der Waals surface area contributed by atoms with Gasteiger partial charge in [0.05, 0.1) is 6.61 Å². The monoisotopic (exact) mass is 350 g/mol. The minimum atomic E-state index is -0.797. The maximum atomic E-state index is 13.1. The molecule has 0 heterocycles. The molecule has 0 radical (unpaired) electrons. The van der Waals surface area contributed by atoms with E-state index in [1.54, 1.807) is 25.1 Å². The third-order valence-corrected chi connectivity index (χ3v) is 2.87. The first-order valence-electron chi connectivity index (χ1n) is 7.39. The number of benzene rings is 2. The molecule has 2 aromatic carbocycles. The second kappa shape index (κ2) is 8.62. The van der Waals surface area contributed by atoms with E-state index in [4.69, 9.17) is 9.47 Å². The SMILES string of the molecule is CCOC(=O)Nc1cccc(OCC(=O)Nc2cc(F)cc(F)c2)c1. The van der Waals surface area contributed by atoms with E-state index in [0.717, 1.165) is 12.1 Å². The van der Waals surface area contributed by atoms with Crippen LogP contribution in [-0.4, -0.2) is 25.2 Å². The van der Waals surface area contributed by atoms with Gasteiger partial charge in [0.15, 0.2) is 6.61 Å². The van der Waals surface area contributed by atoms with E-state index in [2.05, 4.69) is 10.6 Å². The van der Waals surface area contributed by atoms with Crippen molar-refractivity contribution in [3.8, 4) is 5.75 Å². The van der Waals surface area contributed by atoms with Gasteiger partial charge in [0.25, 0.3) is 5.91 Å². The van der Waals surface area contributed by atoms with Gasteiger partial charge < -0.3 is 14.8 Å². The molecule has 0 saturated carbocycles. The van der Waals surface area contributed by atoms with Crippen molar-refractivity contribution < 1.29 is 27.8 Å². The Morgan fingerprint density at radius 2 is 1.72 bits per heavy atom. The van der Waals surface area contributed by atoms with E-state index < -0.39 is 23.6 Å². The Balaban J connectivity index is 1.90. The fraction of sp³-hybridized carbons (Fsp3) is 0.176. The Hall–Kier alpha value is -3.16. The summed E-state index contributed by atoms with van der Waals surface area (Å²) in [5.41, 5.74) is 0.424. The summed E-state index contributed by atoms with van der Waals surface area (Å²) in [6, 6.07) is 9.03. The highest BCUT2D eigenvalue weighted by Gasteiger charge is 2.08. The van der Waals surface area contributed by atoms with Crippen molar-refractivity contribution in [2.75, 3.05) is 23.8 Å². The first-order chi connectivity index (χ1) is 12.0. The molecule has 0 aliphatic rings. The van der Waals surface area contributed by atoms with Gasteiger partial charge in [0.2, 0.25) is 0 Å². The molecule has 2 amide bonds. The summed E-state index contributed by atoms with van der Waals surface area (Å²) in [6.45, 7) is 1.55. The zero-order valence-corrected chi connectivity index (χ0v) is 13.3. The summed E-state index contributed by atoms with van der Waals surface area (Å²) in [7, 11) is 0. The summed E-state index contributed by atoms with van der Waals surface area (Å²) < 4.78 is 36.2. The molecule has 0 aliphatic heterocycles. The average molecular weight is 350 g/mol. The summed E-state index contributed by atoms with van der Waals surface area (Å²) in [4.78, 5) is 23.1. The highest BCUT2D eigenvalue weighted by Crippen LogP contribution is 2.18. The minimum absolute atomic E-state index is 0.0103. The number of ether oxygens (including phenoxy) is 2. The van der Waals surface area contributed by atoms with Gasteiger partial charge in [-0.05, 0) is 31.2 Å². The molecule has 2 rings (SSSR count). The molecule has 0 atom stereocenters. The lowest BCUT2D eigenvalue weighted by Gasteiger charge is -2.10. The number of carbonyl (C=O) groups excluding carboxylic acids is 2. The summed E-state index contributed by atoms with van der Waals surface area (Å²) in [6.07, 6.45) is -0.606. The maximum absolute atomic E-state index is 13.1. The molecule has 2 N–H and O–H groups in total. The van der Waals surface area contributed by atoms with Gasteiger partial charge in [0.1, 0.15) is 17.4 Å². The Morgan fingerprint density at radius 3 is 2.40 bits per heavy atom. The molecular formula is C17H16F2N2O4. The molecule has 0 saturated heterocycles. The van der Waals surface area contributed by atoms with E-state index in [1.165, 1.54) is 6.07 Å². The van der Waals surface area contributed by atoms with Crippen LogP contribution in [0.4, 0.5) is 25.0 Å². The number of amides is 2. The fourth-order valence-corrected chi connectivity index (χ4v) is 1.92. The summed E-state index contributed by atoms with van der Waals surface area (Å²) in [5.74, 6) is -1.86. The van der Waals surface area contributed by atoms with Crippen molar-refractivity contribution >= 4 is 23.4 Å². The Kier molecular flexibility index (Phi) is 6.27. The predicted molar refractivity (Wildman–Crippen MR) is 87.6 cm³/mol. The molecule has 0 aromatic heterocycles. The van der Waals surface area contributed by atoms with Crippen LogP contribution < -0.4 is 15.4 Å². The number of carbonyl (C=O) groups is 2. The van der Waals surface area contributed by atoms with E-state index in [0.29, 0.717) is 17.5 Å². The van der Waals surface area contributed by atoms with Crippen LogP contribution in [-0.2, 0) is 9.53 Å². The van der Waals surface area contributed by atoms with E-state index >= 15 is 0 Å². The molecule has 132 valence electrons. The average Bonchev–Trinajstić information content (AvgIpc) is 2.52. The van der Waals surface area contributed by atoms with Crippen molar-refractivity contribution in [1.82, 2.24) is 0 Å². The molecule has 0 unspecified atom stereocenters. The first-order valence-corrected chi connectivity index (χ1v) is 7.39. The van der Waals surface area contributed by atoms with Crippen LogP contribution in [0.1, 0.15) is 6.92 Å². The van der Waals surface area contributed by atoms with E-state index in [1.807, 2.05) is 0 Å². The number of anilines is 2. The smallest absolute Gasteiger partial charge is 0.411 e. The van der Waals surface area contributed by atoms with Gasteiger partial charge in [0, 0.05) is 23.5 Å². The number of rotatable bonds is 6. The lowest BCUT2D eigenvalue weighted by atomic mass is 10.3. The largest absolute Gasteiger partial charge is 0.484 e. The van der Waals surface area contributed by atoms with Crippen LogP contribution in [0.25, 0.3) is 0 Å². The van der Waals surface area contributed by atoms with Crippen LogP contribution in [0.15, 0.2) is 42.5 Å². The van der Waals surface area contributed by atoms with Crippen molar-refractivity contribution in [1.29, 1.82) is 0 Å². The fourth-order valence-electron chi connectivity index (χ4n) is 1.92. The van der Waals surface area contributed by atoms with Crippen molar-refractivity contribution in [2.45, 2.75) is 6.92 Å². The third-order valence-electron chi connectivity index (χ3n) is 2.87.